The molecule has 20 heavy (non-hydrogen) atoms. The molecule has 1 heterocycles. The number of hydrogen-bond acceptors (Lipinski definition) is 3. The number of aliphatic hydroxyl groups is 1. The van der Waals surface area contributed by atoms with Crippen LogP contribution in [-0.2, 0) is 12.8 Å². The van der Waals surface area contributed by atoms with Crippen molar-refractivity contribution in [3.05, 3.63) is 59.5 Å². The molecule has 3 rings (SSSR count). The summed E-state index contributed by atoms with van der Waals surface area (Å²) in [6.07, 6.45) is 3.52. The van der Waals surface area contributed by atoms with Gasteiger partial charge in [0.2, 0.25) is 0 Å². The number of nitrogens with one attached hydrogen (secondary N) is 1. The summed E-state index contributed by atoms with van der Waals surface area (Å²) < 4.78 is 5.03. The Hall–Kier alpha value is -2.07. The van der Waals surface area contributed by atoms with Crippen molar-refractivity contribution in [1.29, 1.82) is 0 Å². The van der Waals surface area contributed by atoms with Crippen LogP contribution in [0.4, 0.5) is 0 Å². The number of aryl methyl sites for hydroxylation is 1. The molecule has 104 valence electrons. The van der Waals surface area contributed by atoms with Gasteiger partial charge in [0.25, 0.3) is 5.91 Å². The molecule has 4 heteroatoms. The third-order valence-electron chi connectivity index (χ3n) is 3.82. The lowest BCUT2D eigenvalue weighted by molar-refractivity contribution is 0.0256. The van der Waals surface area contributed by atoms with Gasteiger partial charge in [0.15, 0.2) is 5.76 Å². The number of benzene rings is 1. The first kappa shape index (κ1) is 12.9. The van der Waals surface area contributed by atoms with E-state index in [-0.39, 0.29) is 18.2 Å². The van der Waals surface area contributed by atoms with Crippen LogP contribution in [0, 0.1) is 0 Å². The quantitative estimate of drug-likeness (QED) is 0.896. The number of rotatable bonds is 3. The molecule has 1 atom stereocenters. The van der Waals surface area contributed by atoms with E-state index in [9.17, 15) is 9.90 Å². The molecule has 0 spiro atoms. The van der Waals surface area contributed by atoms with Crippen LogP contribution < -0.4 is 5.32 Å². The molecule has 0 bridgehead atoms. The normalized spacial score (nSPS) is 21.2. The minimum Gasteiger partial charge on any atom is -0.459 e. The molecule has 0 saturated heterocycles. The Bertz CT molecular complexity index is 606. The van der Waals surface area contributed by atoms with Crippen LogP contribution in [0.2, 0.25) is 0 Å². The van der Waals surface area contributed by atoms with Gasteiger partial charge in [-0.15, -0.1) is 0 Å². The van der Waals surface area contributed by atoms with Crippen molar-refractivity contribution in [3.8, 4) is 0 Å². The van der Waals surface area contributed by atoms with Gasteiger partial charge in [0, 0.05) is 13.0 Å². The van der Waals surface area contributed by atoms with Crippen LogP contribution >= 0.6 is 0 Å². The van der Waals surface area contributed by atoms with Gasteiger partial charge < -0.3 is 14.8 Å². The summed E-state index contributed by atoms with van der Waals surface area (Å²) in [5.41, 5.74) is 1.57. The summed E-state index contributed by atoms with van der Waals surface area (Å²) in [7, 11) is 0. The molecule has 2 N–H and O–H groups in total. The van der Waals surface area contributed by atoms with Crippen molar-refractivity contribution in [2.24, 2.45) is 0 Å². The van der Waals surface area contributed by atoms with Crippen LogP contribution in [0.5, 0.6) is 0 Å². The van der Waals surface area contributed by atoms with E-state index in [0.29, 0.717) is 12.8 Å². The molecule has 1 aromatic heterocycles. The Kier molecular flexibility index (Phi) is 3.32. The molecule has 1 amide bonds. The highest BCUT2D eigenvalue weighted by Gasteiger charge is 2.32. The second kappa shape index (κ2) is 5.13. The molecule has 0 aliphatic heterocycles. The predicted molar refractivity (Wildman–Crippen MR) is 74.5 cm³/mol. The van der Waals surface area contributed by atoms with Gasteiger partial charge in [-0.1, -0.05) is 24.3 Å². The molecule has 0 fully saturated rings. The number of hydrogen-bond donors (Lipinski definition) is 2. The molecule has 2 aromatic rings. The van der Waals surface area contributed by atoms with Gasteiger partial charge in [-0.3, -0.25) is 4.79 Å². The monoisotopic (exact) mass is 271 g/mol. The van der Waals surface area contributed by atoms with Gasteiger partial charge in [0.1, 0.15) is 0 Å². The zero-order chi connectivity index (χ0) is 14.0. The third-order valence-corrected chi connectivity index (χ3v) is 3.82. The van der Waals surface area contributed by atoms with Gasteiger partial charge >= 0.3 is 0 Å². The van der Waals surface area contributed by atoms with Gasteiger partial charge in [-0.05, 0) is 36.1 Å². The summed E-state index contributed by atoms with van der Waals surface area (Å²) in [6.45, 7) is 0.237. The number of furan rings is 1. The molecular weight excluding hydrogens is 254 g/mol. The van der Waals surface area contributed by atoms with E-state index in [0.717, 1.165) is 12.0 Å². The van der Waals surface area contributed by atoms with E-state index < -0.39 is 5.60 Å². The maximum Gasteiger partial charge on any atom is 0.287 e. The molecule has 0 radical (unpaired) electrons. The minimum atomic E-state index is -0.878. The largest absolute Gasteiger partial charge is 0.459 e. The Morgan fingerprint density at radius 1 is 1.25 bits per heavy atom. The van der Waals surface area contributed by atoms with Crippen LogP contribution in [0.25, 0.3) is 0 Å². The zero-order valence-electron chi connectivity index (χ0n) is 11.1. The van der Waals surface area contributed by atoms with Crippen LogP contribution in [-0.4, -0.2) is 23.2 Å². The van der Waals surface area contributed by atoms with Crippen molar-refractivity contribution in [2.45, 2.75) is 24.9 Å². The Labute approximate surface area is 117 Å². The van der Waals surface area contributed by atoms with Crippen molar-refractivity contribution < 1.29 is 14.3 Å². The van der Waals surface area contributed by atoms with Gasteiger partial charge in [-0.25, -0.2) is 0 Å². The summed E-state index contributed by atoms with van der Waals surface area (Å²) in [6, 6.07) is 11.4. The second-order valence-electron chi connectivity index (χ2n) is 5.33. The highest BCUT2D eigenvalue weighted by molar-refractivity contribution is 5.91. The average molecular weight is 271 g/mol. The summed E-state index contributed by atoms with van der Waals surface area (Å²) in [5, 5.41) is 13.4. The number of fused-ring (bicyclic) bond motifs is 1. The van der Waals surface area contributed by atoms with Crippen molar-refractivity contribution in [3.63, 3.8) is 0 Å². The molecule has 4 nitrogen and oxygen atoms in total. The third kappa shape index (κ3) is 2.60. The molecule has 1 aliphatic carbocycles. The number of carbonyl (C=O) groups is 1. The lowest BCUT2D eigenvalue weighted by atomic mass is 9.80. The maximum absolute atomic E-state index is 11.8. The van der Waals surface area contributed by atoms with E-state index in [1.54, 1.807) is 12.1 Å². The molecule has 1 aromatic carbocycles. The van der Waals surface area contributed by atoms with Gasteiger partial charge in [-0.2, -0.15) is 0 Å². The van der Waals surface area contributed by atoms with Crippen molar-refractivity contribution in [2.75, 3.05) is 6.54 Å². The van der Waals surface area contributed by atoms with Crippen molar-refractivity contribution in [1.82, 2.24) is 5.32 Å². The summed E-state index contributed by atoms with van der Waals surface area (Å²) in [5.74, 6) is -0.0212. The van der Waals surface area contributed by atoms with E-state index in [4.69, 9.17) is 4.42 Å². The van der Waals surface area contributed by atoms with Crippen LogP contribution in [0.3, 0.4) is 0 Å². The number of amides is 1. The summed E-state index contributed by atoms with van der Waals surface area (Å²) >= 11 is 0. The summed E-state index contributed by atoms with van der Waals surface area (Å²) in [4.78, 5) is 11.8. The molecular formula is C16H17NO3. The SMILES string of the molecule is O=C(NC[C@]1(O)CCc2ccccc2C1)c1ccco1. The minimum absolute atomic E-state index is 0.237. The lowest BCUT2D eigenvalue weighted by Crippen LogP contribution is -2.46. The van der Waals surface area contributed by atoms with E-state index in [1.165, 1.54) is 11.8 Å². The first-order chi connectivity index (χ1) is 9.66. The maximum atomic E-state index is 11.8. The lowest BCUT2D eigenvalue weighted by Gasteiger charge is -2.33. The fraction of sp³-hybridized carbons (Fsp3) is 0.312. The first-order valence-corrected chi connectivity index (χ1v) is 6.77. The fourth-order valence-electron chi connectivity index (χ4n) is 2.67. The fourth-order valence-corrected chi connectivity index (χ4v) is 2.67. The van der Waals surface area contributed by atoms with E-state index >= 15 is 0 Å². The molecule has 0 unspecified atom stereocenters. The molecule has 0 saturated carbocycles. The van der Waals surface area contributed by atoms with Crippen molar-refractivity contribution >= 4 is 5.91 Å². The highest BCUT2D eigenvalue weighted by atomic mass is 16.3. The number of carbonyl (C=O) groups excluding carboxylic acids is 1. The first-order valence-electron chi connectivity index (χ1n) is 6.77. The topological polar surface area (TPSA) is 62.5 Å². The smallest absolute Gasteiger partial charge is 0.287 e. The van der Waals surface area contributed by atoms with E-state index in [2.05, 4.69) is 11.4 Å². The Balaban J connectivity index is 1.65. The molecule has 1 aliphatic rings. The standard InChI is InChI=1S/C16H17NO3/c18-15(14-6-3-9-20-14)17-11-16(19)8-7-12-4-1-2-5-13(12)10-16/h1-6,9,19H,7-8,10-11H2,(H,17,18)/t16-/m0/s1. The Morgan fingerprint density at radius 2 is 2.05 bits per heavy atom. The Morgan fingerprint density at radius 3 is 2.80 bits per heavy atom. The predicted octanol–water partition coefficient (Wildman–Crippen LogP) is 1.93. The zero-order valence-corrected chi connectivity index (χ0v) is 11.1. The van der Waals surface area contributed by atoms with Crippen LogP contribution in [0.15, 0.2) is 47.1 Å². The highest BCUT2D eigenvalue weighted by Crippen LogP contribution is 2.28. The second-order valence-corrected chi connectivity index (χ2v) is 5.33. The van der Waals surface area contributed by atoms with Gasteiger partial charge in [0.05, 0.1) is 11.9 Å². The van der Waals surface area contributed by atoms with E-state index in [1.807, 2.05) is 18.2 Å². The van der Waals surface area contributed by atoms with Crippen LogP contribution in [0.1, 0.15) is 28.1 Å². The average Bonchev–Trinajstić information content (AvgIpc) is 2.99.